The van der Waals surface area contributed by atoms with Crippen LogP contribution >= 0.6 is 23.2 Å². The molecule has 1 amide bonds. The molecule has 0 saturated carbocycles. The summed E-state index contributed by atoms with van der Waals surface area (Å²) < 4.78 is 1.72. The number of nitrogens with zero attached hydrogens (tertiary/aromatic N) is 2. The van der Waals surface area contributed by atoms with Crippen molar-refractivity contribution in [2.75, 3.05) is 11.9 Å². The van der Waals surface area contributed by atoms with Gasteiger partial charge in [-0.3, -0.25) is 4.79 Å². The molecule has 3 rings (SSSR count). The first-order chi connectivity index (χ1) is 12.9. The molecule has 0 aliphatic heterocycles. The Morgan fingerprint density at radius 1 is 1.15 bits per heavy atom. The van der Waals surface area contributed by atoms with E-state index in [-0.39, 0.29) is 18.5 Å². The fraction of sp³-hybridized carbons (Fsp3) is 0.200. The Morgan fingerprint density at radius 2 is 1.89 bits per heavy atom. The molecule has 1 aromatic heterocycles. The average Bonchev–Trinajstić information content (AvgIpc) is 3.00. The summed E-state index contributed by atoms with van der Waals surface area (Å²) in [6.07, 6.45) is 0. The van der Waals surface area contributed by atoms with E-state index in [1.807, 2.05) is 56.3 Å². The van der Waals surface area contributed by atoms with Crippen molar-refractivity contribution in [1.82, 2.24) is 15.1 Å². The summed E-state index contributed by atoms with van der Waals surface area (Å²) in [5.74, 6) is 0.465. The van der Waals surface area contributed by atoms with E-state index in [0.29, 0.717) is 15.9 Å². The number of rotatable bonds is 6. The first-order valence-corrected chi connectivity index (χ1v) is 9.30. The van der Waals surface area contributed by atoms with Crippen molar-refractivity contribution in [3.05, 3.63) is 75.9 Å². The molecule has 27 heavy (non-hydrogen) atoms. The molecule has 7 heteroatoms. The van der Waals surface area contributed by atoms with Crippen LogP contribution < -0.4 is 10.6 Å². The number of amides is 1. The van der Waals surface area contributed by atoms with Crippen molar-refractivity contribution in [3.8, 4) is 5.69 Å². The van der Waals surface area contributed by atoms with Crippen molar-refractivity contribution in [3.63, 3.8) is 0 Å². The van der Waals surface area contributed by atoms with Crippen molar-refractivity contribution in [2.45, 2.75) is 19.9 Å². The summed E-state index contributed by atoms with van der Waals surface area (Å²) >= 11 is 12.2. The quantitative estimate of drug-likeness (QED) is 0.623. The molecule has 0 radical (unpaired) electrons. The normalized spacial score (nSPS) is 12.0. The molecule has 0 fully saturated rings. The third kappa shape index (κ3) is 4.89. The van der Waals surface area contributed by atoms with Crippen LogP contribution in [0.25, 0.3) is 5.69 Å². The maximum absolute atomic E-state index is 12.4. The van der Waals surface area contributed by atoms with Gasteiger partial charge in [-0.15, -0.1) is 0 Å². The Hall–Kier alpha value is -2.34. The topological polar surface area (TPSA) is 59.0 Å². The van der Waals surface area contributed by atoms with Crippen molar-refractivity contribution in [1.29, 1.82) is 0 Å². The van der Waals surface area contributed by atoms with Gasteiger partial charge >= 0.3 is 0 Å². The fourth-order valence-corrected chi connectivity index (χ4v) is 3.32. The lowest BCUT2D eigenvalue weighted by Crippen LogP contribution is -2.30. The number of para-hydroxylation sites is 1. The Labute approximate surface area is 168 Å². The monoisotopic (exact) mass is 402 g/mol. The van der Waals surface area contributed by atoms with Gasteiger partial charge < -0.3 is 10.6 Å². The zero-order valence-electron chi connectivity index (χ0n) is 15.0. The molecule has 0 aliphatic rings. The minimum Gasteiger partial charge on any atom is -0.309 e. The second kappa shape index (κ2) is 8.57. The molecule has 1 heterocycles. The number of hydrogen-bond donors (Lipinski definition) is 2. The molecule has 140 valence electrons. The van der Waals surface area contributed by atoms with Crippen LogP contribution in [0, 0.1) is 6.92 Å². The van der Waals surface area contributed by atoms with Crippen LogP contribution in [0.2, 0.25) is 10.0 Å². The van der Waals surface area contributed by atoms with Crippen LogP contribution in [0.1, 0.15) is 24.2 Å². The van der Waals surface area contributed by atoms with Gasteiger partial charge in [0.05, 0.1) is 17.9 Å². The number of hydrogen-bond acceptors (Lipinski definition) is 3. The van der Waals surface area contributed by atoms with Gasteiger partial charge in [0.2, 0.25) is 5.91 Å². The molecule has 2 aromatic carbocycles. The zero-order chi connectivity index (χ0) is 19.4. The highest BCUT2D eigenvalue weighted by molar-refractivity contribution is 6.35. The Kier molecular flexibility index (Phi) is 6.16. The number of nitrogens with one attached hydrogen (secondary N) is 2. The van der Waals surface area contributed by atoms with Crippen molar-refractivity contribution in [2.24, 2.45) is 0 Å². The van der Waals surface area contributed by atoms with Gasteiger partial charge in [-0.2, -0.15) is 5.10 Å². The summed E-state index contributed by atoms with van der Waals surface area (Å²) in [4.78, 5) is 12.4. The molecule has 2 N–H and O–H groups in total. The maximum Gasteiger partial charge on any atom is 0.239 e. The largest absolute Gasteiger partial charge is 0.309 e. The van der Waals surface area contributed by atoms with Gasteiger partial charge in [-0.05, 0) is 43.7 Å². The summed E-state index contributed by atoms with van der Waals surface area (Å²) in [7, 11) is 0. The Balaban J connectivity index is 1.65. The summed E-state index contributed by atoms with van der Waals surface area (Å²) in [5.41, 5.74) is 2.60. The average molecular weight is 403 g/mol. The number of benzene rings is 2. The first kappa shape index (κ1) is 19.4. The molecule has 0 saturated heterocycles. The zero-order valence-corrected chi connectivity index (χ0v) is 16.6. The minimum atomic E-state index is -0.163. The lowest BCUT2D eigenvalue weighted by molar-refractivity contribution is -0.115. The first-order valence-electron chi connectivity index (χ1n) is 8.54. The van der Waals surface area contributed by atoms with Crippen LogP contribution in [0.4, 0.5) is 5.82 Å². The molecule has 0 aliphatic carbocycles. The standard InChI is InChI=1S/C20H20Cl2N4O/c1-13-10-19(26(25-13)16-6-4-3-5-7-16)24-20(27)12-23-14(2)17-9-8-15(21)11-18(17)22/h3-11,14,23H,12H2,1-2H3,(H,24,27)/t14-/m1/s1. The van der Waals surface area contributed by atoms with E-state index >= 15 is 0 Å². The van der Waals surface area contributed by atoms with Crippen LogP contribution in [-0.2, 0) is 4.79 Å². The summed E-state index contributed by atoms with van der Waals surface area (Å²) in [5, 5.41) is 11.7. The predicted octanol–water partition coefficient (Wildman–Crippen LogP) is 4.78. The third-order valence-electron chi connectivity index (χ3n) is 4.10. The number of halogens is 2. The molecule has 0 spiro atoms. The smallest absolute Gasteiger partial charge is 0.239 e. The van der Waals surface area contributed by atoms with Crippen molar-refractivity contribution >= 4 is 34.9 Å². The number of aryl methyl sites for hydroxylation is 1. The molecule has 0 bridgehead atoms. The number of carbonyl (C=O) groups excluding carboxylic acids is 1. The van der Waals surface area contributed by atoms with Gasteiger partial charge in [-0.1, -0.05) is 47.5 Å². The van der Waals surface area contributed by atoms with Crippen LogP contribution in [0.5, 0.6) is 0 Å². The predicted molar refractivity (Wildman–Crippen MR) is 110 cm³/mol. The molecule has 0 unspecified atom stereocenters. The van der Waals surface area contributed by atoms with Gasteiger partial charge in [-0.25, -0.2) is 4.68 Å². The molecule has 3 aromatic rings. The number of anilines is 1. The molecular formula is C20H20Cl2N4O. The number of aromatic nitrogens is 2. The van der Waals surface area contributed by atoms with E-state index in [1.54, 1.807) is 16.8 Å². The van der Waals surface area contributed by atoms with E-state index in [0.717, 1.165) is 16.9 Å². The van der Waals surface area contributed by atoms with E-state index in [2.05, 4.69) is 15.7 Å². The SMILES string of the molecule is Cc1cc(NC(=O)CN[C@H](C)c2ccc(Cl)cc2Cl)n(-c2ccccc2)n1. The lowest BCUT2D eigenvalue weighted by atomic mass is 10.1. The van der Waals surface area contributed by atoms with E-state index in [4.69, 9.17) is 23.2 Å². The summed E-state index contributed by atoms with van der Waals surface area (Å²) in [6.45, 7) is 3.97. The lowest BCUT2D eigenvalue weighted by Gasteiger charge is -2.16. The maximum atomic E-state index is 12.4. The van der Waals surface area contributed by atoms with Crippen LogP contribution in [0.3, 0.4) is 0 Å². The molecular weight excluding hydrogens is 383 g/mol. The Bertz CT molecular complexity index is 940. The van der Waals surface area contributed by atoms with E-state index in [9.17, 15) is 4.79 Å². The van der Waals surface area contributed by atoms with Gasteiger partial charge in [0.15, 0.2) is 0 Å². The van der Waals surface area contributed by atoms with Gasteiger partial charge in [0, 0.05) is 22.2 Å². The highest BCUT2D eigenvalue weighted by Gasteiger charge is 2.14. The minimum absolute atomic E-state index is 0.0960. The van der Waals surface area contributed by atoms with Crippen LogP contribution in [-0.4, -0.2) is 22.2 Å². The highest BCUT2D eigenvalue weighted by Crippen LogP contribution is 2.26. The van der Waals surface area contributed by atoms with Gasteiger partial charge in [0.1, 0.15) is 5.82 Å². The summed E-state index contributed by atoms with van der Waals surface area (Å²) in [6, 6.07) is 16.7. The second-order valence-electron chi connectivity index (χ2n) is 6.23. The number of carbonyl (C=O) groups is 1. The second-order valence-corrected chi connectivity index (χ2v) is 7.08. The third-order valence-corrected chi connectivity index (χ3v) is 4.66. The van der Waals surface area contributed by atoms with Gasteiger partial charge in [0.25, 0.3) is 0 Å². The highest BCUT2D eigenvalue weighted by atomic mass is 35.5. The van der Waals surface area contributed by atoms with E-state index in [1.165, 1.54) is 0 Å². The van der Waals surface area contributed by atoms with Crippen molar-refractivity contribution < 1.29 is 4.79 Å². The Morgan fingerprint density at radius 3 is 2.59 bits per heavy atom. The molecule has 1 atom stereocenters. The van der Waals surface area contributed by atoms with E-state index < -0.39 is 0 Å². The van der Waals surface area contributed by atoms with Crippen LogP contribution in [0.15, 0.2) is 54.6 Å². The molecule has 5 nitrogen and oxygen atoms in total. The fourth-order valence-electron chi connectivity index (χ4n) is 2.75.